The quantitative estimate of drug-likeness (QED) is 0.768. The summed E-state index contributed by atoms with van der Waals surface area (Å²) in [4.78, 5) is 0. The predicted octanol–water partition coefficient (Wildman–Crippen LogP) is 3.39. The maximum absolute atomic E-state index is 12.0. The van der Waals surface area contributed by atoms with Crippen molar-refractivity contribution >= 4 is 34.0 Å². The molecule has 1 nitrogen and oxygen atoms in total. The molecule has 1 rings (SSSR count). The summed E-state index contributed by atoms with van der Waals surface area (Å²) in [5.41, 5.74) is 5.84. The van der Waals surface area contributed by atoms with E-state index in [2.05, 4.69) is 15.9 Å². The van der Waals surface area contributed by atoms with Crippen molar-refractivity contribution in [3.63, 3.8) is 0 Å². The average molecular weight is 258 g/mol. The minimum atomic E-state index is -2.44. The molecule has 0 fully saturated rings. The molecule has 0 saturated heterocycles. The minimum Gasteiger partial charge on any atom is -0.398 e. The van der Waals surface area contributed by atoms with Crippen LogP contribution in [-0.2, 0) is 0 Å². The number of nitrogens with two attached hydrogens (primary N) is 1. The van der Waals surface area contributed by atoms with Crippen LogP contribution in [0, 0.1) is 0 Å². The van der Waals surface area contributed by atoms with E-state index in [1.807, 2.05) is 0 Å². The summed E-state index contributed by atoms with van der Waals surface area (Å²) in [6.45, 7) is 0. The normalized spacial score (nSPS) is 9.67. The molecule has 0 bridgehead atoms. The van der Waals surface area contributed by atoms with Crippen molar-refractivity contribution in [2.45, 2.75) is 6.43 Å². The highest BCUT2D eigenvalue weighted by atomic mass is 79.9. The molecule has 0 aliphatic heterocycles. The summed E-state index contributed by atoms with van der Waals surface area (Å²) in [5, 5.41) is 0. The second-order valence-corrected chi connectivity index (χ2v) is 2.94. The zero-order valence-corrected chi connectivity index (χ0v) is 8.33. The van der Waals surface area contributed by atoms with Gasteiger partial charge in [-0.1, -0.05) is 6.07 Å². The number of nitrogen functional groups attached to an aromatic ring is 1. The van der Waals surface area contributed by atoms with Crippen molar-refractivity contribution in [2.24, 2.45) is 0 Å². The van der Waals surface area contributed by atoms with Crippen LogP contribution in [0.5, 0.6) is 0 Å². The van der Waals surface area contributed by atoms with Crippen LogP contribution in [0.3, 0.4) is 0 Å². The van der Waals surface area contributed by atoms with Crippen LogP contribution in [0.25, 0.3) is 0 Å². The molecule has 2 N–H and O–H groups in total. The summed E-state index contributed by atoms with van der Waals surface area (Å²) >= 11 is 3.06. The average Bonchev–Trinajstić information content (AvgIpc) is 1.94. The van der Waals surface area contributed by atoms with Gasteiger partial charge in [-0.3, -0.25) is 0 Å². The van der Waals surface area contributed by atoms with Gasteiger partial charge in [0.25, 0.3) is 6.43 Å². The van der Waals surface area contributed by atoms with Gasteiger partial charge in [0, 0.05) is 15.7 Å². The molecule has 0 aliphatic rings. The second-order valence-electron chi connectivity index (χ2n) is 2.08. The molecule has 1 aromatic rings. The fourth-order valence-corrected chi connectivity index (χ4v) is 1.08. The second kappa shape index (κ2) is 4.62. The van der Waals surface area contributed by atoms with Crippen LogP contribution in [0.15, 0.2) is 22.7 Å². The van der Waals surface area contributed by atoms with E-state index in [0.29, 0.717) is 10.2 Å². The number of hydrogen-bond donors (Lipinski definition) is 1. The van der Waals surface area contributed by atoms with Gasteiger partial charge in [-0.15, -0.1) is 12.4 Å². The van der Waals surface area contributed by atoms with Gasteiger partial charge in [0.2, 0.25) is 0 Å². The molecular weight excluding hydrogens is 251 g/mol. The Bertz CT molecular complexity index is 268. The van der Waals surface area contributed by atoms with Crippen LogP contribution in [0.1, 0.15) is 12.0 Å². The molecule has 0 aromatic heterocycles. The van der Waals surface area contributed by atoms with Crippen LogP contribution >= 0.6 is 28.3 Å². The van der Waals surface area contributed by atoms with E-state index in [1.165, 1.54) is 18.2 Å². The third-order valence-corrected chi connectivity index (χ3v) is 1.96. The van der Waals surface area contributed by atoms with Crippen molar-refractivity contribution in [2.75, 3.05) is 5.73 Å². The summed E-state index contributed by atoms with van der Waals surface area (Å²) in [6.07, 6.45) is -2.44. The SMILES string of the molecule is Cl.Nc1ccc(C(F)F)cc1Br. The Morgan fingerprint density at radius 1 is 1.33 bits per heavy atom. The fraction of sp³-hybridized carbons (Fsp3) is 0.143. The molecule has 5 heteroatoms. The molecule has 0 saturated carbocycles. The first-order chi connectivity index (χ1) is 5.11. The van der Waals surface area contributed by atoms with E-state index in [4.69, 9.17) is 5.73 Å². The van der Waals surface area contributed by atoms with Crippen molar-refractivity contribution in [1.29, 1.82) is 0 Å². The lowest BCUT2D eigenvalue weighted by Crippen LogP contribution is -1.89. The standard InChI is InChI=1S/C7H6BrF2N.ClH/c8-5-3-4(7(9)10)1-2-6(5)11;/h1-3,7H,11H2;1H. The van der Waals surface area contributed by atoms with Crippen molar-refractivity contribution in [3.8, 4) is 0 Å². The van der Waals surface area contributed by atoms with E-state index in [9.17, 15) is 8.78 Å². The molecule has 0 atom stereocenters. The Kier molecular flexibility index (Phi) is 4.49. The van der Waals surface area contributed by atoms with Gasteiger partial charge in [-0.25, -0.2) is 8.78 Å². The first-order valence-corrected chi connectivity index (χ1v) is 3.73. The number of rotatable bonds is 1. The van der Waals surface area contributed by atoms with Crippen LogP contribution in [-0.4, -0.2) is 0 Å². The Balaban J connectivity index is 0.00000121. The maximum atomic E-state index is 12.0. The summed E-state index contributed by atoms with van der Waals surface area (Å²) < 4.78 is 24.5. The van der Waals surface area contributed by atoms with Crippen LogP contribution in [0.2, 0.25) is 0 Å². The maximum Gasteiger partial charge on any atom is 0.263 e. The van der Waals surface area contributed by atoms with E-state index in [1.54, 1.807) is 0 Å². The van der Waals surface area contributed by atoms with Crippen molar-refractivity contribution in [1.82, 2.24) is 0 Å². The Labute approximate surface area is 83.5 Å². The minimum absolute atomic E-state index is 0. The molecule has 1 aromatic carbocycles. The number of anilines is 1. The summed E-state index contributed by atoms with van der Waals surface area (Å²) in [7, 11) is 0. The predicted molar refractivity (Wildman–Crippen MR) is 50.8 cm³/mol. The Morgan fingerprint density at radius 3 is 2.33 bits per heavy atom. The monoisotopic (exact) mass is 257 g/mol. The lowest BCUT2D eigenvalue weighted by Gasteiger charge is -2.01. The molecule has 0 radical (unpaired) electrons. The van der Waals surface area contributed by atoms with Crippen molar-refractivity contribution in [3.05, 3.63) is 28.2 Å². The third-order valence-electron chi connectivity index (χ3n) is 1.28. The fourth-order valence-electron chi connectivity index (χ4n) is 0.679. The smallest absolute Gasteiger partial charge is 0.263 e. The topological polar surface area (TPSA) is 26.0 Å². The molecule has 0 spiro atoms. The zero-order chi connectivity index (χ0) is 8.43. The van der Waals surface area contributed by atoms with Gasteiger partial charge in [-0.2, -0.15) is 0 Å². The van der Waals surface area contributed by atoms with Gasteiger partial charge in [0.05, 0.1) is 0 Å². The molecule has 0 amide bonds. The molecule has 12 heavy (non-hydrogen) atoms. The van der Waals surface area contributed by atoms with E-state index < -0.39 is 6.43 Å². The first kappa shape index (κ1) is 11.6. The molecule has 0 unspecified atom stereocenters. The van der Waals surface area contributed by atoms with E-state index in [-0.39, 0.29) is 18.0 Å². The highest BCUT2D eigenvalue weighted by molar-refractivity contribution is 9.10. The van der Waals surface area contributed by atoms with Gasteiger partial charge in [0.1, 0.15) is 0 Å². The van der Waals surface area contributed by atoms with E-state index in [0.717, 1.165) is 0 Å². The van der Waals surface area contributed by atoms with Gasteiger partial charge < -0.3 is 5.73 Å². The zero-order valence-electron chi connectivity index (χ0n) is 5.93. The first-order valence-electron chi connectivity index (χ1n) is 2.94. The lowest BCUT2D eigenvalue weighted by atomic mass is 10.2. The molecule has 0 aliphatic carbocycles. The van der Waals surface area contributed by atoms with Crippen LogP contribution < -0.4 is 5.73 Å². The number of halogens is 4. The number of alkyl halides is 2. The lowest BCUT2D eigenvalue weighted by molar-refractivity contribution is 0.151. The van der Waals surface area contributed by atoms with Gasteiger partial charge in [-0.05, 0) is 28.1 Å². The molecule has 0 heterocycles. The van der Waals surface area contributed by atoms with E-state index >= 15 is 0 Å². The van der Waals surface area contributed by atoms with Crippen LogP contribution in [0.4, 0.5) is 14.5 Å². The Hall–Kier alpha value is -0.350. The Morgan fingerprint density at radius 2 is 1.92 bits per heavy atom. The molecular formula is C7H7BrClF2N. The van der Waals surface area contributed by atoms with Gasteiger partial charge in [0.15, 0.2) is 0 Å². The highest BCUT2D eigenvalue weighted by Gasteiger charge is 2.07. The summed E-state index contributed by atoms with van der Waals surface area (Å²) in [5.74, 6) is 0. The third kappa shape index (κ3) is 2.60. The number of hydrogen-bond acceptors (Lipinski definition) is 1. The summed E-state index contributed by atoms with van der Waals surface area (Å²) in [6, 6.07) is 4.08. The molecule has 68 valence electrons. The highest BCUT2D eigenvalue weighted by Crippen LogP contribution is 2.26. The largest absolute Gasteiger partial charge is 0.398 e. The van der Waals surface area contributed by atoms with Gasteiger partial charge >= 0.3 is 0 Å². The van der Waals surface area contributed by atoms with Crippen molar-refractivity contribution < 1.29 is 8.78 Å². The number of benzene rings is 1.